The molecule has 11 heteroatoms. The normalized spacial score (nSPS) is 18.0. The molecule has 1 fully saturated rings. The van der Waals surface area contributed by atoms with Crippen LogP contribution in [-0.4, -0.2) is 29.9 Å². The number of carbonyl (C=O) groups is 3. The van der Waals surface area contributed by atoms with E-state index in [0.717, 1.165) is 42.5 Å². The number of allylic oxidation sites excluding steroid dienone is 1. The molecule has 174 valence electrons. The van der Waals surface area contributed by atoms with E-state index in [9.17, 15) is 36.3 Å². The van der Waals surface area contributed by atoms with E-state index in [1.807, 2.05) is 5.32 Å². The van der Waals surface area contributed by atoms with Gasteiger partial charge < -0.3 is 10.6 Å². The number of imide groups is 1. The quantitative estimate of drug-likeness (QED) is 0.424. The lowest BCUT2D eigenvalue weighted by Gasteiger charge is -2.26. The Morgan fingerprint density at radius 1 is 1.09 bits per heavy atom. The van der Waals surface area contributed by atoms with E-state index in [1.54, 1.807) is 0 Å². The zero-order chi connectivity index (χ0) is 24.4. The van der Waals surface area contributed by atoms with Gasteiger partial charge in [-0.3, -0.25) is 14.9 Å². The number of benzene rings is 2. The van der Waals surface area contributed by atoms with Gasteiger partial charge in [-0.25, -0.2) is 13.6 Å². The Kier molecular flexibility index (Phi) is 6.52. The summed E-state index contributed by atoms with van der Waals surface area (Å²) < 4.78 is 65.5. The molecule has 1 aliphatic heterocycles. The van der Waals surface area contributed by atoms with Crippen LogP contribution >= 0.6 is 0 Å². The van der Waals surface area contributed by atoms with Crippen molar-refractivity contribution >= 4 is 17.8 Å². The predicted molar refractivity (Wildman–Crippen MR) is 108 cm³/mol. The standard InChI is InChI=1S/C22H18F5N3O3/c1-12(23)8-9-21(19(32)29-20(33)30-21)11-28-18(31)16-7-6-15(24)10-17(16)13-2-4-14(5-3-13)22(25,26)27/h2-7,10H,1,8-9,11H2,(H,28,31)(H2,29,30,32,33). The van der Waals surface area contributed by atoms with Crippen LogP contribution in [0.25, 0.3) is 11.1 Å². The topological polar surface area (TPSA) is 87.3 Å². The number of hydrogen-bond acceptors (Lipinski definition) is 3. The van der Waals surface area contributed by atoms with Crippen LogP contribution < -0.4 is 16.0 Å². The maximum absolute atomic E-state index is 13.9. The summed E-state index contributed by atoms with van der Waals surface area (Å²) in [7, 11) is 0. The number of urea groups is 1. The summed E-state index contributed by atoms with van der Waals surface area (Å²) in [5.41, 5.74) is -2.44. The SMILES string of the molecule is C=C(F)CCC1(CNC(=O)c2ccc(F)cc2-c2ccc(C(F)(F)F)cc2)NC(=O)NC1=O. The third kappa shape index (κ3) is 5.36. The van der Waals surface area contributed by atoms with Crippen molar-refractivity contribution in [3.05, 3.63) is 71.8 Å². The minimum atomic E-state index is -4.56. The highest BCUT2D eigenvalue weighted by Crippen LogP contribution is 2.32. The van der Waals surface area contributed by atoms with Crippen molar-refractivity contribution in [3.63, 3.8) is 0 Å². The summed E-state index contributed by atoms with van der Waals surface area (Å²) in [6.45, 7) is 2.69. The Morgan fingerprint density at radius 3 is 2.30 bits per heavy atom. The first-order valence-electron chi connectivity index (χ1n) is 9.63. The maximum atomic E-state index is 13.9. The molecule has 3 rings (SSSR count). The van der Waals surface area contributed by atoms with Gasteiger partial charge >= 0.3 is 12.2 Å². The van der Waals surface area contributed by atoms with Crippen molar-refractivity contribution < 1.29 is 36.3 Å². The summed E-state index contributed by atoms with van der Waals surface area (Å²) >= 11 is 0. The van der Waals surface area contributed by atoms with Crippen LogP contribution in [0.3, 0.4) is 0 Å². The number of rotatable bonds is 7. The van der Waals surface area contributed by atoms with Crippen molar-refractivity contribution in [2.75, 3.05) is 6.54 Å². The zero-order valence-corrected chi connectivity index (χ0v) is 17.0. The van der Waals surface area contributed by atoms with Gasteiger partial charge in [-0.05, 0) is 47.9 Å². The summed E-state index contributed by atoms with van der Waals surface area (Å²) in [5.74, 6) is -2.99. The van der Waals surface area contributed by atoms with Gasteiger partial charge in [0.15, 0.2) is 0 Å². The molecule has 33 heavy (non-hydrogen) atoms. The molecule has 0 aromatic heterocycles. The third-order valence-electron chi connectivity index (χ3n) is 5.14. The molecular formula is C22H18F5N3O3. The first-order valence-corrected chi connectivity index (χ1v) is 9.63. The summed E-state index contributed by atoms with van der Waals surface area (Å²) in [6, 6.07) is 6.13. The number of nitrogens with one attached hydrogen (secondary N) is 3. The van der Waals surface area contributed by atoms with Crippen LogP contribution in [0.4, 0.5) is 26.7 Å². The predicted octanol–water partition coefficient (Wildman–Crippen LogP) is 4.08. The van der Waals surface area contributed by atoms with Gasteiger partial charge in [-0.1, -0.05) is 18.7 Å². The largest absolute Gasteiger partial charge is 0.416 e. The van der Waals surface area contributed by atoms with E-state index in [1.165, 1.54) is 0 Å². The van der Waals surface area contributed by atoms with E-state index in [-0.39, 0.29) is 29.5 Å². The second-order valence-electron chi connectivity index (χ2n) is 7.46. The van der Waals surface area contributed by atoms with Crippen molar-refractivity contribution in [2.24, 2.45) is 0 Å². The molecule has 1 aliphatic rings. The number of carbonyl (C=O) groups excluding carboxylic acids is 3. The van der Waals surface area contributed by atoms with E-state index in [4.69, 9.17) is 0 Å². The summed E-state index contributed by atoms with van der Waals surface area (Å²) in [4.78, 5) is 36.7. The van der Waals surface area contributed by atoms with E-state index >= 15 is 0 Å². The molecule has 1 unspecified atom stereocenters. The average Bonchev–Trinajstić information content (AvgIpc) is 3.03. The first kappa shape index (κ1) is 23.9. The highest BCUT2D eigenvalue weighted by Gasteiger charge is 2.46. The van der Waals surface area contributed by atoms with Gasteiger partial charge in [0.1, 0.15) is 11.4 Å². The molecule has 6 nitrogen and oxygen atoms in total. The second-order valence-corrected chi connectivity index (χ2v) is 7.46. The molecule has 1 saturated heterocycles. The number of alkyl halides is 3. The zero-order valence-electron chi connectivity index (χ0n) is 17.0. The fourth-order valence-electron chi connectivity index (χ4n) is 3.38. The molecule has 2 aromatic rings. The third-order valence-corrected chi connectivity index (χ3v) is 5.14. The molecule has 1 atom stereocenters. The maximum Gasteiger partial charge on any atom is 0.416 e. The highest BCUT2D eigenvalue weighted by molar-refractivity contribution is 6.08. The Labute approximate surface area is 184 Å². The average molecular weight is 467 g/mol. The highest BCUT2D eigenvalue weighted by atomic mass is 19.4. The summed E-state index contributed by atoms with van der Waals surface area (Å²) in [6.07, 6.45) is -5.00. The Hall–Kier alpha value is -3.76. The van der Waals surface area contributed by atoms with Gasteiger partial charge in [0.25, 0.3) is 11.8 Å². The second kappa shape index (κ2) is 9.00. The minimum absolute atomic E-state index is 0.0207. The van der Waals surface area contributed by atoms with Crippen LogP contribution in [0.2, 0.25) is 0 Å². The van der Waals surface area contributed by atoms with Crippen LogP contribution in [-0.2, 0) is 11.0 Å². The van der Waals surface area contributed by atoms with Crippen molar-refractivity contribution in [1.29, 1.82) is 0 Å². The van der Waals surface area contributed by atoms with Crippen molar-refractivity contribution in [3.8, 4) is 11.1 Å². The fraction of sp³-hybridized carbons (Fsp3) is 0.227. The Balaban J connectivity index is 1.86. The van der Waals surface area contributed by atoms with Gasteiger partial charge in [0, 0.05) is 12.0 Å². The van der Waals surface area contributed by atoms with Crippen LogP contribution in [0.5, 0.6) is 0 Å². The number of amides is 4. The number of hydrogen-bond donors (Lipinski definition) is 3. The van der Waals surface area contributed by atoms with E-state index in [2.05, 4.69) is 17.2 Å². The molecule has 3 N–H and O–H groups in total. The molecule has 0 radical (unpaired) electrons. The van der Waals surface area contributed by atoms with Crippen molar-refractivity contribution in [2.45, 2.75) is 24.6 Å². The summed E-state index contributed by atoms with van der Waals surface area (Å²) in [5, 5.41) is 6.84. The molecule has 1 heterocycles. The first-order chi connectivity index (χ1) is 15.4. The lowest BCUT2D eigenvalue weighted by Crippen LogP contribution is -2.55. The van der Waals surface area contributed by atoms with Crippen LogP contribution in [0.1, 0.15) is 28.8 Å². The molecule has 4 amide bonds. The molecule has 0 aliphatic carbocycles. The molecule has 0 spiro atoms. The molecule has 2 aromatic carbocycles. The van der Waals surface area contributed by atoms with Gasteiger partial charge in [-0.2, -0.15) is 13.2 Å². The fourth-order valence-corrected chi connectivity index (χ4v) is 3.38. The minimum Gasteiger partial charge on any atom is -0.349 e. The molecule has 0 saturated carbocycles. The smallest absolute Gasteiger partial charge is 0.349 e. The van der Waals surface area contributed by atoms with Crippen LogP contribution in [0, 0.1) is 5.82 Å². The monoisotopic (exact) mass is 467 g/mol. The number of halogens is 5. The molecule has 0 bridgehead atoms. The van der Waals surface area contributed by atoms with Gasteiger partial charge in [0.2, 0.25) is 0 Å². The lowest BCUT2D eigenvalue weighted by molar-refractivity contribution is -0.137. The molecular weight excluding hydrogens is 449 g/mol. The van der Waals surface area contributed by atoms with Gasteiger partial charge in [0.05, 0.1) is 17.9 Å². The lowest BCUT2D eigenvalue weighted by atomic mass is 9.92. The van der Waals surface area contributed by atoms with Crippen LogP contribution in [0.15, 0.2) is 54.9 Å². The van der Waals surface area contributed by atoms with Gasteiger partial charge in [-0.15, -0.1) is 0 Å². The van der Waals surface area contributed by atoms with Crippen molar-refractivity contribution in [1.82, 2.24) is 16.0 Å². The van der Waals surface area contributed by atoms with E-state index < -0.39 is 53.3 Å². The Bertz CT molecular complexity index is 1120. The Morgan fingerprint density at radius 2 is 1.76 bits per heavy atom. The van der Waals surface area contributed by atoms with E-state index in [0.29, 0.717) is 0 Å².